The van der Waals surface area contributed by atoms with Crippen LogP contribution in [0.5, 0.6) is 0 Å². The molecule has 0 aliphatic heterocycles. The minimum absolute atomic E-state index is 0.0465. The molecule has 0 fully saturated rings. The quantitative estimate of drug-likeness (QED) is 0.818. The molecule has 0 radical (unpaired) electrons. The lowest BCUT2D eigenvalue weighted by atomic mass is 10.2. The molecule has 2 aromatic rings. The first kappa shape index (κ1) is 18.5. The van der Waals surface area contributed by atoms with Crippen molar-refractivity contribution in [3.63, 3.8) is 0 Å². The predicted octanol–water partition coefficient (Wildman–Crippen LogP) is 0.763. The molecule has 0 aliphatic rings. The summed E-state index contributed by atoms with van der Waals surface area (Å²) in [5.41, 5.74) is 1.06. The summed E-state index contributed by atoms with van der Waals surface area (Å²) in [6.07, 6.45) is 0.998. The van der Waals surface area contributed by atoms with Gasteiger partial charge in [-0.1, -0.05) is 30.3 Å². The number of rotatable bonds is 6. The fourth-order valence-electron chi connectivity index (χ4n) is 2.27. The molecular formula is C17H17N2O5S-. The Balaban J connectivity index is 2.26. The van der Waals surface area contributed by atoms with Crippen molar-refractivity contribution in [2.45, 2.75) is 6.92 Å². The second-order valence-corrected chi connectivity index (χ2v) is 7.40. The van der Waals surface area contributed by atoms with E-state index in [0.717, 1.165) is 16.1 Å². The Hall–Kier alpha value is -2.87. The normalized spacial score (nSPS) is 11.0. The summed E-state index contributed by atoms with van der Waals surface area (Å²) in [6.45, 7) is 1.32. The number of carboxylic acid groups (broad SMARTS) is 1. The van der Waals surface area contributed by atoms with E-state index in [-0.39, 0.29) is 11.3 Å². The SMILES string of the molecule is Cc1cccc(N(CC(=O)Nc2ccccc2C(=O)[O-])S(C)(=O)=O)c1. The molecule has 0 aromatic heterocycles. The molecule has 0 atom stereocenters. The highest BCUT2D eigenvalue weighted by Crippen LogP contribution is 2.19. The highest BCUT2D eigenvalue weighted by molar-refractivity contribution is 7.92. The molecule has 0 unspecified atom stereocenters. The van der Waals surface area contributed by atoms with Gasteiger partial charge in [0.05, 0.1) is 17.9 Å². The summed E-state index contributed by atoms with van der Waals surface area (Å²) in [6, 6.07) is 12.5. The molecule has 0 bridgehead atoms. The van der Waals surface area contributed by atoms with Crippen LogP contribution in [0.25, 0.3) is 0 Å². The van der Waals surface area contributed by atoms with E-state index in [9.17, 15) is 23.1 Å². The molecule has 0 spiro atoms. The van der Waals surface area contributed by atoms with Gasteiger partial charge in [-0.15, -0.1) is 0 Å². The van der Waals surface area contributed by atoms with Gasteiger partial charge in [0.25, 0.3) is 0 Å². The number of nitrogens with zero attached hydrogens (tertiary/aromatic N) is 1. The molecule has 25 heavy (non-hydrogen) atoms. The monoisotopic (exact) mass is 361 g/mol. The molecular weight excluding hydrogens is 344 g/mol. The van der Waals surface area contributed by atoms with Gasteiger partial charge in [0, 0.05) is 11.3 Å². The van der Waals surface area contributed by atoms with Crippen molar-refractivity contribution in [3.05, 3.63) is 59.7 Å². The topological polar surface area (TPSA) is 107 Å². The number of anilines is 2. The van der Waals surface area contributed by atoms with Crippen LogP contribution in [-0.2, 0) is 14.8 Å². The number of nitrogens with one attached hydrogen (secondary N) is 1. The summed E-state index contributed by atoms with van der Waals surface area (Å²) in [5.74, 6) is -2.10. The number of benzene rings is 2. The average Bonchev–Trinajstić information content (AvgIpc) is 2.52. The number of aromatic carboxylic acids is 1. The zero-order valence-electron chi connectivity index (χ0n) is 13.7. The van der Waals surface area contributed by atoms with Gasteiger partial charge in [0.15, 0.2) is 0 Å². The van der Waals surface area contributed by atoms with Crippen molar-refractivity contribution < 1.29 is 23.1 Å². The summed E-state index contributed by atoms with van der Waals surface area (Å²) in [4.78, 5) is 23.3. The van der Waals surface area contributed by atoms with Crippen molar-refractivity contribution in [2.75, 3.05) is 22.4 Å². The second-order valence-electron chi connectivity index (χ2n) is 5.49. The van der Waals surface area contributed by atoms with Crippen LogP contribution >= 0.6 is 0 Å². The molecule has 1 N–H and O–H groups in total. The number of sulfonamides is 1. The average molecular weight is 361 g/mol. The highest BCUT2D eigenvalue weighted by atomic mass is 32.2. The van der Waals surface area contributed by atoms with Crippen LogP contribution < -0.4 is 14.7 Å². The molecule has 8 heteroatoms. The third kappa shape index (κ3) is 4.80. The molecule has 1 amide bonds. The minimum Gasteiger partial charge on any atom is -0.545 e. The van der Waals surface area contributed by atoms with Crippen LogP contribution in [0, 0.1) is 6.92 Å². The van der Waals surface area contributed by atoms with Crippen LogP contribution in [-0.4, -0.2) is 33.1 Å². The first-order chi connectivity index (χ1) is 11.7. The van der Waals surface area contributed by atoms with E-state index in [1.165, 1.54) is 18.2 Å². The molecule has 0 heterocycles. The fourth-order valence-corrected chi connectivity index (χ4v) is 3.12. The Kier molecular flexibility index (Phi) is 5.43. The van der Waals surface area contributed by atoms with Crippen molar-refractivity contribution in [2.24, 2.45) is 0 Å². The van der Waals surface area contributed by atoms with Gasteiger partial charge >= 0.3 is 0 Å². The number of aryl methyl sites for hydroxylation is 1. The molecule has 132 valence electrons. The van der Waals surface area contributed by atoms with Gasteiger partial charge in [0.2, 0.25) is 15.9 Å². The Morgan fingerprint density at radius 1 is 1.12 bits per heavy atom. The summed E-state index contributed by atoms with van der Waals surface area (Å²) >= 11 is 0. The zero-order chi connectivity index (χ0) is 18.6. The van der Waals surface area contributed by atoms with Gasteiger partial charge in [-0.2, -0.15) is 0 Å². The molecule has 7 nitrogen and oxygen atoms in total. The number of carboxylic acids is 1. The van der Waals surface area contributed by atoms with Crippen LogP contribution in [0.3, 0.4) is 0 Å². The minimum atomic E-state index is -3.70. The van der Waals surface area contributed by atoms with Crippen molar-refractivity contribution in [3.8, 4) is 0 Å². The number of hydrogen-bond acceptors (Lipinski definition) is 5. The van der Waals surface area contributed by atoms with E-state index in [0.29, 0.717) is 5.69 Å². The fraction of sp³-hybridized carbons (Fsp3) is 0.176. The van der Waals surface area contributed by atoms with Gasteiger partial charge < -0.3 is 15.2 Å². The summed E-state index contributed by atoms with van der Waals surface area (Å²) < 4.78 is 25.1. The van der Waals surface area contributed by atoms with Gasteiger partial charge in [-0.05, 0) is 30.7 Å². The Morgan fingerprint density at radius 3 is 2.40 bits per heavy atom. The lowest BCUT2D eigenvalue weighted by molar-refractivity contribution is -0.254. The number of para-hydroxylation sites is 1. The van der Waals surface area contributed by atoms with E-state index in [1.807, 2.05) is 0 Å². The maximum atomic E-state index is 12.3. The van der Waals surface area contributed by atoms with Crippen molar-refractivity contribution in [1.29, 1.82) is 0 Å². The first-order valence-electron chi connectivity index (χ1n) is 7.33. The maximum Gasteiger partial charge on any atom is 0.245 e. The number of carbonyl (C=O) groups excluding carboxylic acids is 2. The summed E-state index contributed by atoms with van der Waals surface area (Å²) in [5, 5.41) is 13.5. The molecule has 2 aromatic carbocycles. The van der Waals surface area contributed by atoms with Crippen LogP contribution in [0.15, 0.2) is 48.5 Å². The molecule has 0 aliphatic carbocycles. The third-order valence-electron chi connectivity index (χ3n) is 3.40. The summed E-state index contributed by atoms with van der Waals surface area (Å²) in [7, 11) is -3.70. The number of amides is 1. The van der Waals surface area contributed by atoms with Crippen LogP contribution in [0.1, 0.15) is 15.9 Å². The highest BCUT2D eigenvalue weighted by Gasteiger charge is 2.21. The van der Waals surface area contributed by atoms with Crippen molar-refractivity contribution >= 4 is 33.3 Å². The van der Waals surface area contributed by atoms with E-state index < -0.39 is 28.4 Å². The largest absolute Gasteiger partial charge is 0.545 e. The lowest BCUT2D eigenvalue weighted by Crippen LogP contribution is -2.37. The molecule has 0 saturated heterocycles. The van der Waals surface area contributed by atoms with E-state index in [4.69, 9.17) is 0 Å². The standard InChI is InChI=1S/C17H18N2O5S/c1-12-6-5-7-13(10-12)19(25(2,23)24)11-16(20)18-15-9-4-3-8-14(15)17(21)22/h3-10H,11H2,1-2H3,(H,18,20)(H,21,22)/p-1. The van der Waals surface area contributed by atoms with Crippen LogP contribution in [0.2, 0.25) is 0 Å². The predicted molar refractivity (Wildman–Crippen MR) is 92.8 cm³/mol. The van der Waals surface area contributed by atoms with Gasteiger partial charge in [-0.3, -0.25) is 9.10 Å². The van der Waals surface area contributed by atoms with E-state index in [1.54, 1.807) is 37.3 Å². The Morgan fingerprint density at radius 2 is 1.80 bits per heavy atom. The van der Waals surface area contributed by atoms with Gasteiger partial charge in [0.1, 0.15) is 6.54 Å². The lowest BCUT2D eigenvalue weighted by Gasteiger charge is -2.22. The Labute approximate surface area is 146 Å². The third-order valence-corrected chi connectivity index (χ3v) is 4.54. The second kappa shape index (κ2) is 7.35. The van der Waals surface area contributed by atoms with E-state index in [2.05, 4.69) is 5.32 Å². The Bertz CT molecular complexity index is 909. The smallest absolute Gasteiger partial charge is 0.245 e. The van der Waals surface area contributed by atoms with Gasteiger partial charge in [-0.25, -0.2) is 8.42 Å². The van der Waals surface area contributed by atoms with Crippen LogP contribution in [0.4, 0.5) is 11.4 Å². The maximum absolute atomic E-state index is 12.3. The zero-order valence-corrected chi connectivity index (χ0v) is 14.5. The van der Waals surface area contributed by atoms with E-state index >= 15 is 0 Å². The number of carbonyl (C=O) groups is 2. The first-order valence-corrected chi connectivity index (χ1v) is 9.18. The molecule has 2 rings (SSSR count). The van der Waals surface area contributed by atoms with Crippen molar-refractivity contribution in [1.82, 2.24) is 0 Å². The molecule has 0 saturated carbocycles. The number of hydrogen-bond donors (Lipinski definition) is 1.